The number of nitrogens with one attached hydrogen (secondary N) is 3. The number of H-pyrrole nitrogens is 1. The smallest absolute Gasteiger partial charge is 0.318 e. The van der Waals surface area contributed by atoms with Gasteiger partial charge in [-0.1, -0.05) is 11.8 Å². The number of rotatable bonds is 5. The number of aromatic nitrogens is 2. The van der Waals surface area contributed by atoms with Crippen molar-refractivity contribution in [3.05, 3.63) is 68.3 Å². The van der Waals surface area contributed by atoms with Gasteiger partial charge in [0.1, 0.15) is 0 Å². The van der Waals surface area contributed by atoms with Crippen LogP contribution in [0.15, 0.2) is 29.2 Å². The Bertz CT molecular complexity index is 1480. The number of carbonyl (C=O) groups is 2. The van der Waals surface area contributed by atoms with Crippen molar-refractivity contribution >= 4 is 22.8 Å². The number of hydrogen-bond acceptors (Lipinski definition) is 4. The summed E-state index contributed by atoms with van der Waals surface area (Å²) in [7, 11) is 0. The van der Waals surface area contributed by atoms with Gasteiger partial charge in [-0.25, -0.2) is 4.79 Å². The van der Waals surface area contributed by atoms with E-state index in [4.69, 9.17) is 4.74 Å². The molecular formula is C29H35N5O4. The third-order valence-electron chi connectivity index (χ3n) is 6.70. The Balaban J connectivity index is 1.60. The van der Waals surface area contributed by atoms with Crippen molar-refractivity contribution in [3.8, 4) is 11.8 Å². The Morgan fingerprint density at radius 3 is 2.50 bits per heavy atom. The number of fused-ring (bicyclic) bond motifs is 1. The Kier molecular flexibility index (Phi) is 8.23. The highest BCUT2D eigenvalue weighted by Crippen LogP contribution is 2.29. The number of morpholine rings is 1. The normalized spacial score (nSPS) is 13.4. The number of urea groups is 1. The number of nitrogens with zero attached hydrogens (tertiary/aromatic N) is 2. The molecule has 0 aliphatic carbocycles. The van der Waals surface area contributed by atoms with Crippen LogP contribution in [0.5, 0.6) is 0 Å². The number of carbonyl (C=O) groups excluding carboxylic acids is 2. The van der Waals surface area contributed by atoms with E-state index in [0.29, 0.717) is 43.0 Å². The van der Waals surface area contributed by atoms with Gasteiger partial charge in [-0.2, -0.15) is 0 Å². The van der Waals surface area contributed by atoms with Gasteiger partial charge in [0.2, 0.25) is 0 Å². The molecule has 1 aliphatic heterocycles. The summed E-state index contributed by atoms with van der Waals surface area (Å²) in [6.45, 7) is 12.4. The van der Waals surface area contributed by atoms with E-state index in [2.05, 4.69) is 45.9 Å². The Morgan fingerprint density at radius 2 is 1.82 bits per heavy atom. The zero-order chi connectivity index (χ0) is 27.4. The zero-order valence-corrected chi connectivity index (χ0v) is 22.7. The van der Waals surface area contributed by atoms with Crippen LogP contribution in [0.4, 0.5) is 4.79 Å². The molecular weight excluding hydrogens is 482 g/mol. The molecule has 1 saturated heterocycles. The molecule has 1 aliphatic rings. The van der Waals surface area contributed by atoms with E-state index in [0.717, 1.165) is 27.7 Å². The van der Waals surface area contributed by atoms with E-state index < -0.39 is 0 Å². The molecule has 0 bridgehead atoms. The Labute approximate surface area is 222 Å². The second-order valence-corrected chi connectivity index (χ2v) is 9.92. The quantitative estimate of drug-likeness (QED) is 0.452. The topological polar surface area (TPSA) is 108 Å². The Morgan fingerprint density at radius 1 is 1.08 bits per heavy atom. The standard InChI is InChI=1S/C29H35N5O4/c1-18(2)34-17-20(4)26-23(27(35)31-16-24-19(3)13-21(5)32-28(24)36)14-22(15-25(26)34)7-6-8-30-29(37)33-9-11-38-12-10-33/h13-15,17-18H,8-12,16H2,1-5H3,(H,30,37)(H,31,35)(H,32,36). The lowest BCUT2D eigenvalue weighted by Crippen LogP contribution is -2.46. The van der Waals surface area contributed by atoms with Crippen molar-refractivity contribution in [1.29, 1.82) is 0 Å². The van der Waals surface area contributed by atoms with E-state index in [1.54, 1.807) is 11.0 Å². The van der Waals surface area contributed by atoms with E-state index in [9.17, 15) is 14.4 Å². The molecule has 1 aromatic carbocycles. The average molecular weight is 518 g/mol. The molecule has 0 atom stereocenters. The van der Waals surface area contributed by atoms with Gasteiger partial charge in [0.05, 0.1) is 30.8 Å². The molecule has 3 heterocycles. The van der Waals surface area contributed by atoms with Crippen molar-refractivity contribution in [2.45, 2.75) is 47.2 Å². The summed E-state index contributed by atoms with van der Waals surface area (Å²) in [6.07, 6.45) is 2.04. The summed E-state index contributed by atoms with van der Waals surface area (Å²) in [4.78, 5) is 42.7. The molecule has 3 N–H and O–H groups in total. The van der Waals surface area contributed by atoms with Crippen LogP contribution in [0.3, 0.4) is 0 Å². The summed E-state index contributed by atoms with van der Waals surface area (Å²) in [5.74, 6) is 5.84. The minimum atomic E-state index is -0.275. The third-order valence-corrected chi connectivity index (χ3v) is 6.70. The number of hydrogen-bond donors (Lipinski definition) is 3. The molecule has 0 radical (unpaired) electrons. The maximum atomic E-state index is 13.4. The molecule has 0 spiro atoms. The first-order chi connectivity index (χ1) is 18.2. The van der Waals surface area contributed by atoms with Crippen LogP contribution in [0.25, 0.3) is 10.9 Å². The fraction of sp³-hybridized carbons (Fsp3) is 0.414. The van der Waals surface area contributed by atoms with Crippen LogP contribution in [0, 0.1) is 32.6 Å². The molecule has 3 aromatic rings. The van der Waals surface area contributed by atoms with Gasteiger partial charge >= 0.3 is 6.03 Å². The molecule has 200 valence electrons. The molecule has 9 heteroatoms. The summed E-state index contributed by atoms with van der Waals surface area (Å²) >= 11 is 0. The molecule has 0 saturated carbocycles. The van der Waals surface area contributed by atoms with E-state index in [1.165, 1.54) is 0 Å². The number of aromatic amines is 1. The lowest BCUT2D eigenvalue weighted by atomic mass is 10.0. The van der Waals surface area contributed by atoms with Gasteiger partial charge in [0, 0.05) is 54.1 Å². The van der Waals surface area contributed by atoms with Gasteiger partial charge < -0.3 is 29.8 Å². The minimum Gasteiger partial charge on any atom is -0.378 e. The van der Waals surface area contributed by atoms with E-state index in [1.807, 2.05) is 39.1 Å². The molecule has 0 unspecified atom stereocenters. The van der Waals surface area contributed by atoms with Crippen LogP contribution in [0.1, 0.15) is 58.2 Å². The molecule has 4 rings (SSSR count). The van der Waals surface area contributed by atoms with Crippen molar-refractivity contribution in [1.82, 2.24) is 25.1 Å². The lowest BCUT2D eigenvalue weighted by Gasteiger charge is -2.26. The largest absolute Gasteiger partial charge is 0.378 e. The van der Waals surface area contributed by atoms with Crippen LogP contribution in [-0.4, -0.2) is 59.2 Å². The maximum absolute atomic E-state index is 13.4. The van der Waals surface area contributed by atoms with Gasteiger partial charge in [-0.15, -0.1) is 0 Å². The van der Waals surface area contributed by atoms with Gasteiger partial charge in [-0.05, 0) is 63.9 Å². The summed E-state index contributed by atoms with van der Waals surface area (Å²) < 4.78 is 7.41. The average Bonchev–Trinajstić information content (AvgIpc) is 3.22. The molecule has 2 aromatic heterocycles. The highest BCUT2D eigenvalue weighted by Gasteiger charge is 2.19. The van der Waals surface area contributed by atoms with Gasteiger partial charge in [0.15, 0.2) is 0 Å². The monoisotopic (exact) mass is 517 g/mol. The first-order valence-electron chi connectivity index (χ1n) is 12.9. The predicted molar refractivity (Wildman–Crippen MR) is 147 cm³/mol. The first kappa shape index (κ1) is 27.0. The van der Waals surface area contributed by atoms with E-state index >= 15 is 0 Å². The van der Waals surface area contributed by atoms with Crippen molar-refractivity contribution < 1.29 is 14.3 Å². The van der Waals surface area contributed by atoms with Crippen LogP contribution in [-0.2, 0) is 11.3 Å². The van der Waals surface area contributed by atoms with Crippen LogP contribution >= 0.6 is 0 Å². The zero-order valence-electron chi connectivity index (χ0n) is 22.7. The second kappa shape index (κ2) is 11.6. The molecule has 1 fully saturated rings. The maximum Gasteiger partial charge on any atom is 0.318 e. The van der Waals surface area contributed by atoms with Crippen molar-refractivity contribution in [2.24, 2.45) is 0 Å². The predicted octanol–water partition coefficient (Wildman–Crippen LogP) is 3.16. The highest BCUT2D eigenvalue weighted by molar-refractivity contribution is 6.08. The number of aryl methyl sites for hydroxylation is 3. The van der Waals surface area contributed by atoms with Gasteiger partial charge in [-0.3, -0.25) is 9.59 Å². The summed E-state index contributed by atoms with van der Waals surface area (Å²) in [6, 6.07) is 5.67. The van der Waals surface area contributed by atoms with Crippen molar-refractivity contribution in [3.63, 3.8) is 0 Å². The number of ether oxygens (including phenoxy) is 1. The van der Waals surface area contributed by atoms with Gasteiger partial charge in [0.25, 0.3) is 11.5 Å². The SMILES string of the molecule is Cc1cc(C)c(CNC(=O)c2cc(C#CCNC(=O)N3CCOCC3)cc3c2c(C)cn3C(C)C)c(=O)[nH]1. The van der Waals surface area contributed by atoms with Crippen LogP contribution in [0.2, 0.25) is 0 Å². The highest BCUT2D eigenvalue weighted by atomic mass is 16.5. The minimum absolute atomic E-state index is 0.120. The molecule has 9 nitrogen and oxygen atoms in total. The fourth-order valence-electron chi connectivity index (χ4n) is 4.78. The third kappa shape index (κ3) is 5.92. The first-order valence-corrected chi connectivity index (χ1v) is 12.9. The fourth-order valence-corrected chi connectivity index (χ4v) is 4.78. The van der Waals surface area contributed by atoms with Crippen molar-refractivity contribution in [2.75, 3.05) is 32.8 Å². The summed E-state index contributed by atoms with van der Waals surface area (Å²) in [5.41, 5.74) is 5.02. The number of pyridine rings is 1. The molecule has 38 heavy (non-hydrogen) atoms. The molecule has 3 amide bonds. The van der Waals surface area contributed by atoms with Crippen LogP contribution < -0.4 is 16.2 Å². The second-order valence-electron chi connectivity index (χ2n) is 9.92. The summed E-state index contributed by atoms with van der Waals surface area (Å²) in [5, 5.41) is 6.61. The number of benzene rings is 1. The Hall–Kier alpha value is -4.03. The lowest BCUT2D eigenvalue weighted by molar-refractivity contribution is 0.0535. The van der Waals surface area contributed by atoms with E-state index in [-0.39, 0.29) is 36.6 Å². The number of amides is 3.